The molecule has 0 saturated heterocycles. The highest BCUT2D eigenvalue weighted by atomic mass is 16.5. The number of rotatable bonds is 4. The van der Waals surface area contributed by atoms with Crippen molar-refractivity contribution in [1.29, 1.82) is 0 Å². The molecule has 4 heteroatoms. The van der Waals surface area contributed by atoms with Crippen LogP contribution in [-0.2, 0) is 26.4 Å². The van der Waals surface area contributed by atoms with Crippen LogP contribution in [0.2, 0.25) is 0 Å². The molecule has 1 aromatic carbocycles. The number of nitrogens with one attached hydrogen (secondary N) is 1. The Hall–Kier alpha value is -1.81. The fraction of sp³-hybridized carbons (Fsp3) is 0.471. The van der Waals surface area contributed by atoms with Gasteiger partial charge in [0.1, 0.15) is 11.6 Å². The van der Waals surface area contributed by atoms with E-state index in [1.54, 1.807) is 7.11 Å². The molecule has 0 radical (unpaired) electrons. The van der Waals surface area contributed by atoms with Crippen LogP contribution in [0.4, 0.5) is 0 Å². The summed E-state index contributed by atoms with van der Waals surface area (Å²) in [6.45, 7) is 0.827. The van der Waals surface area contributed by atoms with Crippen molar-refractivity contribution in [2.45, 2.75) is 38.3 Å². The first-order valence-electron chi connectivity index (χ1n) is 7.62. The minimum Gasteiger partial charge on any atom is -0.496 e. The average molecular weight is 285 g/mol. The third-order valence-electron chi connectivity index (χ3n) is 4.37. The van der Waals surface area contributed by atoms with Crippen LogP contribution in [-0.4, -0.2) is 22.7 Å². The molecular weight excluding hydrogens is 262 g/mol. The van der Waals surface area contributed by atoms with Crippen molar-refractivity contribution in [1.82, 2.24) is 14.9 Å². The molecule has 0 fully saturated rings. The van der Waals surface area contributed by atoms with E-state index in [-0.39, 0.29) is 0 Å². The van der Waals surface area contributed by atoms with E-state index in [1.165, 1.54) is 24.0 Å². The lowest BCUT2D eigenvalue weighted by Gasteiger charge is -2.17. The molecule has 3 rings (SSSR count). The zero-order valence-electron chi connectivity index (χ0n) is 12.8. The molecule has 0 spiro atoms. The van der Waals surface area contributed by atoms with Crippen LogP contribution in [0.3, 0.4) is 0 Å². The van der Waals surface area contributed by atoms with Crippen molar-refractivity contribution in [3.63, 3.8) is 0 Å². The van der Waals surface area contributed by atoms with Gasteiger partial charge in [0.05, 0.1) is 13.7 Å². The number of fused-ring (bicyclic) bond motifs is 1. The molecule has 1 heterocycles. The van der Waals surface area contributed by atoms with Crippen molar-refractivity contribution >= 4 is 0 Å². The summed E-state index contributed by atoms with van der Waals surface area (Å²) in [6, 6.07) is 6.91. The van der Waals surface area contributed by atoms with Crippen molar-refractivity contribution < 1.29 is 4.74 Å². The summed E-state index contributed by atoms with van der Waals surface area (Å²) >= 11 is 0. The van der Waals surface area contributed by atoms with Gasteiger partial charge in [0.2, 0.25) is 0 Å². The quantitative estimate of drug-likeness (QED) is 0.877. The van der Waals surface area contributed by atoms with Crippen molar-refractivity contribution in [3.8, 4) is 5.75 Å². The first-order valence-corrected chi connectivity index (χ1v) is 7.62. The topological polar surface area (TPSA) is 39.1 Å². The third-order valence-corrected chi connectivity index (χ3v) is 4.37. The summed E-state index contributed by atoms with van der Waals surface area (Å²) in [4.78, 5) is 4.38. The van der Waals surface area contributed by atoms with Gasteiger partial charge in [0.25, 0.3) is 0 Å². The lowest BCUT2D eigenvalue weighted by atomic mass is 10.0. The van der Waals surface area contributed by atoms with Crippen LogP contribution < -0.4 is 10.1 Å². The van der Waals surface area contributed by atoms with E-state index in [1.807, 2.05) is 19.4 Å². The maximum Gasteiger partial charge on any atom is 0.122 e. The Bertz CT molecular complexity index is 606. The summed E-state index contributed by atoms with van der Waals surface area (Å²) in [6.07, 6.45) is 8.42. The number of methoxy groups -OCH3 is 1. The van der Waals surface area contributed by atoms with E-state index in [4.69, 9.17) is 4.74 Å². The van der Waals surface area contributed by atoms with Crippen LogP contribution in [0.1, 0.15) is 29.8 Å². The first-order chi connectivity index (χ1) is 10.3. The van der Waals surface area contributed by atoms with Gasteiger partial charge in [-0.1, -0.05) is 12.1 Å². The highest BCUT2D eigenvalue weighted by molar-refractivity contribution is 5.41. The van der Waals surface area contributed by atoms with E-state index in [0.717, 1.165) is 31.0 Å². The molecule has 1 unspecified atom stereocenters. The minimum atomic E-state index is 0.509. The number of ether oxygens (including phenoxy) is 1. The van der Waals surface area contributed by atoms with Gasteiger partial charge >= 0.3 is 0 Å². The highest BCUT2D eigenvalue weighted by Crippen LogP contribution is 2.28. The molecule has 1 N–H and O–H groups in total. The Morgan fingerprint density at radius 1 is 1.43 bits per heavy atom. The molecule has 0 amide bonds. The molecule has 21 heavy (non-hydrogen) atoms. The second-order valence-corrected chi connectivity index (χ2v) is 5.73. The van der Waals surface area contributed by atoms with Crippen LogP contribution in [0, 0.1) is 0 Å². The number of benzene rings is 1. The monoisotopic (exact) mass is 285 g/mol. The summed E-state index contributed by atoms with van der Waals surface area (Å²) in [7, 11) is 3.80. The van der Waals surface area contributed by atoms with Crippen LogP contribution in [0.25, 0.3) is 0 Å². The molecule has 1 aliphatic carbocycles. The van der Waals surface area contributed by atoms with Gasteiger partial charge in [-0.05, 0) is 42.9 Å². The molecule has 1 aliphatic rings. The number of aryl methyl sites for hydroxylation is 1. The van der Waals surface area contributed by atoms with Crippen molar-refractivity contribution in [2.75, 3.05) is 7.11 Å². The van der Waals surface area contributed by atoms with E-state index in [0.29, 0.717) is 6.04 Å². The van der Waals surface area contributed by atoms with Gasteiger partial charge in [-0.25, -0.2) is 4.98 Å². The molecule has 112 valence electrons. The van der Waals surface area contributed by atoms with Crippen LogP contribution in [0.15, 0.2) is 30.6 Å². The Morgan fingerprint density at radius 2 is 2.33 bits per heavy atom. The molecule has 0 aliphatic heterocycles. The van der Waals surface area contributed by atoms with Crippen LogP contribution >= 0.6 is 0 Å². The highest BCUT2D eigenvalue weighted by Gasteiger charge is 2.19. The van der Waals surface area contributed by atoms with E-state index >= 15 is 0 Å². The van der Waals surface area contributed by atoms with Crippen molar-refractivity contribution in [2.24, 2.45) is 7.05 Å². The normalized spacial score (nSPS) is 18.1. The number of aromatic nitrogens is 2. The SMILES string of the molecule is COc1cccc2c1CCCC(NCc1nccn1C)C2. The molecule has 0 saturated carbocycles. The predicted octanol–water partition coefficient (Wildman–Crippen LogP) is 2.47. The molecule has 4 nitrogen and oxygen atoms in total. The average Bonchev–Trinajstić information content (AvgIpc) is 2.79. The van der Waals surface area contributed by atoms with Gasteiger partial charge < -0.3 is 14.6 Å². The minimum absolute atomic E-state index is 0.509. The number of imidazole rings is 1. The number of hydrogen-bond acceptors (Lipinski definition) is 3. The molecule has 1 aromatic heterocycles. The Kier molecular flexibility index (Phi) is 4.25. The molecule has 2 aromatic rings. The molecule has 0 bridgehead atoms. The number of hydrogen-bond donors (Lipinski definition) is 1. The van der Waals surface area contributed by atoms with E-state index in [2.05, 4.69) is 33.1 Å². The van der Waals surface area contributed by atoms with Crippen LogP contribution in [0.5, 0.6) is 5.75 Å². The first kappa shape index (κ1) is 14.1. The fourth-order valence-electron chi connectivity index (χ4n) is 3.15. The summed E-state index contributed by atoms with van der Waals surface area (Å²) in [5.41, 5.74) is 2.81. The van der Waals surface area contributed by atoms with Crippen molar-refractivity contribution in [3.05, 3.63) is 47.5 Å². The lowest BCUT2D eigenvalue weighted by Crippen LogP contribution is -2.31. The van der Waals surface area contributed by atoms with Gasteiger partial charge in [0, 0.05) is 25.5 Å². The Labute approximate surface area is 126 Å². The predicted molar refractivity (Wildman–Crippen MR) is 83.5 cm³/mol. The van der Waals surface area contributed by atoms with E-state index in [9.17, 15) is 0 Å². The lowest BCUT2D eigenvalue weighted by molar-refractivity contribution is 0.409. The summed E-state index contributed by atoms with van der Waals surface area (Å²) < 4.78 is 7.57. The zero-order valence-corrected chi connectivity index (χ0v) is 12.8. The third kappa shape index (κ3) is 3.10. The fourth-order valence-corrected chi connectivity index (χ4v) is 3.15. The summed E-state index contributed by atoms with van der Waals surface area (Å²) in [5, 5.41) is 3.66. The second kappa shape index (κ2) is 6.31. The van der Waals surface area contributed by atoms with Gasteiger partial charge in [-0.3, -0.25) is 0 Å². The Morgan fingerprint density at radius 3 is 3.10 bits per heavy atom. The smallest absolute Gasteiger partial charge is 0.122 e. The van der Waals surface area contributed by atoms with E-state index < -0.39 is 0 Å². The summed E-state index contributed by atoms with van der Waals surface area (Å²) in [5.74, 6) is 2.13. The standard InChI is InChI=1S/C17H23N3O/c1-20-10-9-18-17(20)12-19-14-6-4-7-15-13(11-14)5-3-8-16(15)21-2/h3,5,8-10,14,19H,4,6-7,11-12H2,1-2H3. The second-order valence-electron chi connectivity index (χ2n) is 5.73. The largest absolute Gasteiger partial charge is 0.496 e. The van der Waals surface area contributed by atoms with Gasteiger partial charge in [-0.15, -0.1) is 0 Å². The number of nitrogens with zero attached hydrogens (tertiary/aromatic N) is 2. The Balaban J connectivity index is 1.70. The van der Waals surface area contributed by atoms with Gasteiger partial charge in [0.15, 0.2) is 0 Å². The molecular formula is C17H23N3O. The maximum absolute atomic E-state index is 5.50. The maximum atomic E-state index is 5.50. The van der Waals surface area contributed by atoms with Gasteiger partial charge in [-0.2, -0.15) is 0 Å². The zero-order chi connectivity index (χ0) is 14.7. The molecule has 1 atom stereocenters.